The molecule has 1 aromatic rings. The highest BCUT2D eigenvalue weighted by Gasteiger charge is 2.27. The SMILES string of the molecule is Cc1ncnc(OC2CCCC2N)c1F. The number of halogens is 1. The van der Waals surface area contributed by atoms with Crippen LogP contribution < -0.4 is 10.5 Å². The Bertz CT molecular complexity index is 359. The average molecular weight is 211 g/mol. The molecule has 15 heavy (non-hydrogen) atoms. The van der Waals surface area contributed by atoms with Crippen molar-refractivity contribution in [3.05, 3.63) is 17.8 Å². The normalized spacial score (nSPS) is 25.5. The molecule has 2 rings (SSSR count). The van der Waals surface area contributed by atoms with Crippen molar-refractivity contribution < 1.29 is 9.13 Å². The molecule has 0 amide bonds. The van der Waals surface area contributed by atoms with Gasteiger partial charge in [0.15, 0.2) is 0 Å². The maximum atomic E-state index is 13.5. The maximum Gasteiger partial charge on any atom is 0.254 e. The van der Waals surface area contributed by atoms with Gasteiger partial charge in [-0.05, 0) is 26.2 Å². The maximum absolute atomic E-state index is 13.5. The number of ether oxygens (including phenoxy) is 1. The van der Waals surface area contributed by atoms with Crippen molar-refractivity contribution in [2.75, 3.05) is 0 Å². The first-order valence-corrected chi connectivity index (χ1v) is 5.08. The van der Waals surface area contributed by atoms with E-state index in [9.17, 15) is 4.39 Å². The summed E-state index contributed by atoms with van der Waals surface area (Å²) in [6.45, 7) is 1.58. The lowest BCUT2D eigenvalue weighted by atomic mass is 10.2. The quantitative estimate of drug-likeness (QED) is 0.798. The van der Waals surface area contributed by atoms with Crippen molar-refractivity contribution in [1.82, 2.24) is 9.97 Å². The minimum absolute atomic E-state index is 0.0142. The first kappa shape index (κ1) is 10.3. The van der Waals surface area contributed by atoms with Crippen LogP contribution in [0.5, 0.6) is 5.88 Å². The highest BCUT2D eigenvalue weighted by molar-refractivity contribution is 5.16. The molecule has 1 heterocycles. The molecule has 2 unspecified atom stereocenters. The molecule has 0 radical (unpaired) electrons. The van der Waals surface area contributed by atoms with Gasteiger partial charge in [0.25, 0.3) is 5.88 Å². The summed E-state index contributed by atoms with van der Waals surface area (Å²) in [4.78, 5) is 7.51. The average Bonchev–Trinajstić information content (AvgIpc) is 2.60. The summed E-state index contributed by atoms with van der Waals surface area (Å²) in [6.07, 6.45) is 4.00. The van der Waals surface area contributed by atoms with E-state index in [1.165, 1.54) is 6.33 Å². The molecule has 1 aromatic heterocycles. The van der Waals surface area contributed by atoms with Gasteiger partial charge in [0, 0.05) is 6.04 Å². The van der Waals surface area contributed by atoms with Crippen LogP contribution in [0.15, 0.2) is 6.33 Å². The van der Waals surface area contributed by atoms with Gasteiger partial charge < -0.3 is 10.5 Å². The van der Waals surface area contributed by atoms with Gasteiger partial charge in [0.2, 0.25) is 5.82 Å². The summed E-state index contributed by atoms with van der Waals surface area (Å²) in [6, 6.07) is -0.0142. The van der Waals surface area contributed by atoms with E-state index in [1.807, 2.05) is 0 Å². The number of hydrogen-bond donors (Lipinski definition) is 1. The first-order valence-electron chi connectivity index (χ1n) is 5.08. The largest absolute Gasteiger partial charge is 0.471 e. The summed E-state index contributed by atoms with van der Waals surface area (Å²) < 4.78 is 18.9. The Labute approximate surface area is 87.7 Å². The molecule has 0 spiro atoms. The Balaban J connectivity index is 2.13. The molecule has 2 N–H and O–H groups in total. The zero-order valence-corrected chi connectivity index (χ0v) is 8.61. The highest BCUT2D eigenvalue weighted by Crippen LogP contribution is 2.24. The summed E-state index contributed by atoms with van der Waals surface area (Å²) in [5, 5.41) is 0. The molecule has 4 nitrogen and oxygen atoms in total. The summed E-state index contributed by atoms with van der Waals surface area (Å²) in [5.74, 6) is -0.471. The van der Waals surface area contributed by atoms with Crippen LogP contribution in [0, 0.1) is 12.7 Å². The van der Waals surface area contributed by atoms with Gasteiger partial charge in [-0.3, -0.25) is 0 Å². The Kier molecular flexibility index (Phi) is 2.81. The molecule has 5 heteroatoms. The highest BCUT2D eigenvalue weighted by atomic mass is 19.1. The Hall–Kier alpha value is -1.23. The molecule has 1 saturated carbocycles. The molecule has 0 aromatic carbocycles. The third-order valence-corrected chi connectivity index (χ3v) is 2.70. The van der Waals surface area contributed by atoms with Crippen LogP contribution in [-0.4, -0.2) is 22.1 Å². The summed E-state index contributed by atoms with van der Waals surface area (Å²) >= 11 is 0. The standard InChI is InChI=1S/C10H14FN3O/c1-6-9(11)10(14-5-13-6)15-8-4-2-3-7(8)12/h5,7-8H,2-4,12H2,1H3. The molecule has 0 bridgehead atoms. The smallest absolute Gasteiger partial charge is 0.254 e. The topological polar surface area (TPSA) is 61.0 Å². The Morgan fingerprint density at radius 2 is 2.27 bits per heavy atom. The second kappa shape index (κ2) is 4.10. The summed E-state index contributed by atoms with van der Waals surface area (Å²) in [5.41, 5.74) is 6.12. The molecule has 0 aliphatic heterocycles. The van der Waals surface area contributed by atoms with Gasteiger partial charge in [-0.25, -0.2) is 4.98 Å². The van der Waals surface area contributed by atoms with Crippen molar-refractivity contribution >= 4 is 0 Å². The fourth-order valence-electron chi connectivity index (χ4n) is 1.76. The second-order valence-electron chi connectivity index (χ2n) is 3.83. The van der Waals surface area contributed by atoms with E-state index in [-0.39, 0.29) is 18.0 Å². The van der Waals surface area contributed by atoms with Gasteiger partial charge >= 0.3 is 0 Å². The van der Waals surface area contributed by atoms with E-state index in [2.05, 4.69) is 9.97 Å². The Morgan fingerprint density at radius 1 is 1.47 bits per heavy atom. The molecular formula is C10H14FN3O. The molecule has 1 fully saturated rings. The van der Waals surface area contributed by atoms with Gasteiger partial charge in [-0.15, -0.1) is 0 Å². The predicted molar refractivity (Wildman–Crippen MR) is 53.0 cm³/mol. The van der Waals surface area contributed by atoms with E-state index >= 15 is 0 Å². The van der Waals surface area contributed by atoms with Crippen LogP contribution in [0.4, 0.5) is 4.39 Å². The molecule has 0 saturated heterocycles. The lowest BCUT2D eigenvalue weighted by molar-refractivity contribution is 0.174. The van der Waals surface area contributed by atoms with Gasteiger partial charge in [-0.1, -0.05) is 0 Å². The molecule has 2 atom stereocenters. The second-order valence-corrected chi connectivity index (χ2v) is 3.83. The van der Waals surface area contributed by atoms with Crippen LogP contribution in [0.1, 0.15) is 25.0 Å². The van der Waals surface area contributed by atoms with Crippen molar-refractivity contribution in [3.8, 4) is 5.88 Å². The van der Waals surface area contributed by atoms with Crippen molar-refractivity contribution in [2.24, 2.45) is 5.73 Å². The fraction of sp³-hybridized carbons (Fsp3) is 0.600. The lowest BCUT2D eigenvalue weighted by Gasteiger charge is -2.17. The first-order chi connectivity index (χ1) is 7.18. The predicted octanol–water partition coefficient (Wildman–Crippen LogP) is 1.18. The van der Waals surface area contributed by atoms with Crippen molar-refractivity contribution in [3.63, 3.8) is 0 Å². The zero-order valence-electron chi connectivity index (χ0n) is 8.61. The van der Waals surface area contributed by atoms with E-state index < -0.39 is 5.82 Å². The van der Waals surface area contributed by atoms with Crippen LogP contribution in [-0.2, 0) is 0 Å². The number of aromatic nitrogens is 2. The van der Waals surface area contributed by atoms with Crippen LogP contribution >= 0.6 is 0 Å². The molecular weight excluding hydrogens is 197 g/mol. The summed E-state index contributed by atoms with van der Waals surface area (Å²) in [7, 11) is 0. The minimum atomic E-state index is -0.489. The Morgan fingerprint density at radius 3 is 2.93 bits per heavy atom. The van der Waals surface area contributed by atoms with E-state index in [1.54, 1.807) is 6.92 Å². The zero-order chi connectivity index (χ0) is 10.8. The van der Waals surface area contributed by atoms with Gasteiger partial charge in [0.05, 0.1) is 5.69 Å². The molecule has 1 aliphatic carbocycles. The number of nitrogens with two attached hydrogens (primary N) is 1. The number of nitrogens with zero attached hydrogens (tertiary/aromatic N) is 2. The van der Waals surface area contributed by atoms with Crippen LogP contribution in [0.3, 0.4) is 0 Å². The van der Waals surface area contributed by atoms with E-state index in [0.717, 1.165) is 19.3 Å². The van der Waals surface area contributed by atoms with Crippen molar-refractivity contribution in [1.29, 1.82) is 0 Å². The van der Waals surface area contributed by atoms with E-state index in [0.29, 0.717) is 5.69 Å². The number of hydrogen-bond acceptors (Lipinski definition) is 4. The molecule has 82 valence electrons. The third-order valence-electron chi connectivity index (χ3n) is 2.70. The van der Waals surface area contributed by atoms with Gasteiger partial charge in [-0.2, -0.15) is 9.37 Å². The fourth-order valence-corrected chi connectivity index (χ4v) is 1.76. The third kappa shape index (κ3) is 2.07. The minimum Gasteiger partial charge on any atom is -0.471 e. The monoisotopic (exact) mass is 211 g/mol. The molecule has 1 aliphatic rings. The number of aryl methyl sites for hydroxylation is 1. The van der Waals surface area contributed by atoms with E-state index in [4.69, 9.17) is 10.5 Å². The van der Waals surface area contributed by atoms with Crippen LogP contribution in [0.25, 0.3) is 0 Å². The van der Waals surface area contributed by atoms with Crippen LogP contribution in [0.2, 0.25) is 0 Å². The lowest BCUT2D eigenvalue weighted by Crippen LogP contribution is -2.34. The number of rotatable bonds is 2. The van der Waals surface area contributed by atoms with Gasteiger partial charge in [0.1, 0.15) is 12.4 Å². The van der Waals surface area contributed by atoms with Crippen molar-refractivity contribution in [2.45, 2.75) is 38.3 Å².